The molecule has 3 rings (SSSR count). The first-order chi connectivity index (χ1) is 12.2. The van der Waals surface area contributed by atoms with Crippen LogP contribution in [0.2, 0.25) is 0 Å². The summed E-state index contributed by atoms with van der Waals surface area (Å²) in [5.41, 5.74) is 6.69. The topological polar surface area (TPSA) is 67.4 Å². The van der Waals surface area contributed by atoms with Gasteiger partial charge in [0.15, 0.2) is 0 Å². The number of rotatable bonds is 3. The highest BCUT2D eigenvalue weighted by molar-refractivity contribution is 7.14. The second kappa shape index (κ2) is 8.16. The van der Waals surface area contributed by atoms with Crippen LogP contribution in [0.1, 0.15) is 56.2 Å². The highest BCUT2D eigenvalue weighted by Crippen LogP contribution is 2.28. The summed E-state index contributed by atoms with van der Waals surface area (Å²) in [5, 5.41) is 0. The quantitative estimate of drug-likeness (QED) is 0.826. The summed E-state index contributed by atoms with van der Waals surface area (Å²) in [6.07, 6.45) is 6.96. The summed E-state index contributed by atoms with van der Waals surface area (Å²) in [6, 6.07) is 8.75. The largest absolute Gasteiger partial charge is 0.497 e. The Morgan fingerprint density at radius 1 is 1.00 bits per heavy atom. The van der Waals surface area contributed by atoms with Crippen LogP contribution in [0.3, 0.4) is 0 Å². The van der Waals surface area contributed by atoms with E-state index in [9.17, 15) is 9.59 Å². The lowest BCUT2D eigenvalue weighted by Gasteiger charge is -2.07. The van der Waals surface area contributed by atoms with Crippen molar-refractivity contribution in [1.29, 1.82) is 0 Å². The van der Waals surface area contributed by atoms with Crippen LogP contribution in [0.15, 0.2) is 30.3 Å². The average molecular weight is 358 g/mol. The van der Waals surface area contributed by atoms with E-state index < -0.39 is 0 Å². The van der Waals surface area contributed by atoms with Gasteiger partial charge in [-0.2, -0.15) is 0 Å². The normalized spacial score (nSPS) is 14.0. The Morgan fingerprint density at radius 3 is 2.56 bits per heavy atom. The molecule has 5 nitrogen and oxygen atoms in total. The third-order valence-electron chi connectivity index (χ3n) is 4.34. The fraction of sp³-hybridized carbons (Fsp3) is 0.368. The number of hydrogen-bond donors (Lipinski definition) is 2. The van der Waals surface area contributed by atoms with Crippen molar-refractivity contribution >= 4 is 23.2 Å². The molecule has 0 fully saturated rings. The molecule has 25 heavy (non-hydrogen) atoms. The molecule has 6 heteroatoms. The first-order valence-corrected chi connectivity index (χ1v) is 9.35. The van der Waals surface area contributed by atoms with Crippen molar-refractivity contribution in [2.24, 2.45) is 0 Å². The van der Waals surface area contributed by atoms with Gasteiger partial charge in [-0.25, -0.2) is 0 Å². The number of carbonyl (C=O) groups is 2. The van der Waals surface area contributed by atoms with Gasteiger partial charge in [0.2, 0.25) is 0 Å². The molecule has 1 aliphatic carbocycles. The molecular formula is C19H22N2O3S. The van der Waals surface area contributed by atoms with E-state index in [1.54, 1.807) is 31.4 Å². The third-order valence-corrected chi connectivity index (χ3v) is 5.58. The zero-order valence-electron chi connectivity index (χ0n) is 14.3. The van der Waals surface area contributed by atoms with Crippen LogP contribution in [0.4, 0.5) is 0 Å². The predicted octanol–water partition coefficient (Wildman–Crippen LogP) is 3.49. The number of aryl methyl sites for hydroxylation is 2. The summed E-state index contributed by atoms with van der Waals surface area (Å²) >= 11 is 1.54. The van der Waals surface area contributed by atoms with Crippen molar-refractivity contribution in [2.45, 2.75) is 38.5 Å². The number of amides is 2. The van der Waals surface area contributed by atoms with E-state index in [-0.39, 0.29) is 11.8 Å². The lowest BCUT2D eigenvalue weighted by molar-refractivity contribution is 0.0848. The van der Waals surface area contributed by atoms with Crippen LogP contribution >= 0.6 is 11.3 Å². The Morgan fingerprint density at radius 2 is 1.76 bits per heavy atom. The minimum absolute atomic E-state index is 0.270. The second-order valence-corrected chi connectivity index (χ2v) is 7.25. The van der Waals surface area contributed by atoms with Crippen LogP contribution < -0.4 is 15.6 Å². The van der Waals surface area contributed by atoms with Gasteiger partial charge < -0.3 is 4.74 Å². The molecule has 2 N–H and O–H groups in total. The smallest absolute Gasteiger partial charge is 0.279 e. The maximum atomic E-state index is 12.4. The predicted molar refractivity (Wildman–Crippen MR) is 98.1 cm³/mol. The molecule has 132 valence electrons. The molecule has 0 saturated heterocycles. The van der Waals surface area contributed by atoms with Gasteiger partial charge >= 0.3 is 0 Å². The standard InChI is InChI=1S/C19H22N2O3S/c1-24-15-9-6-8-14(11-15)18(22)20-21-19(23)17-12-13-7-4-2-3-5-10-16(13)25-17/h6,8-9,11-12H,2-5,7,10H2,1H3,(H,20,22)(H,21,23). The van der Waals surface area contributed by atoms with E-state index in [4.69, 9.17) is 4.74 Å². The molecule has 2 amide bonds. The molecule has 0 atom stereocenters. The molecule has 1 aliphatic rings. The summed E-state index contributed by atoms with van der Waals surface area (Å²) in [7, 11) is 1.54. The van der Waals surface area contributed by atoms with E-state index in [0.29, 0.717) is 16.2 Å². The SMILES string of the molecule is COc1cccc(C(=O)NNC(=O)c2cc3c(s2)CCCCCC3)c1. The monoisotopic (exact) mass is 358 g/mol. The summed E-state index contributed by atoms with van der Waals surface area (Å²) in [4.78, 5) is 26.5. The Balaban J connectivity index is 1.62. The van der Waals surface area contributed by atoms with Crippen molar-refractivity contribution in [3.05, 3.63) is 51.2 Å². The van der Waals surface area contributed by atoms with Crippen LogP contribution in [-0.4, -0.2) is 18.9 Å². The fourth-order valence-electron chi connectivity index (χ4n) is 2.97. The van der Waals surface area contributed by atoms with Crippen LogP contribution in [-0.2, 0) is 12.8 Å². The Hall–Kier alpha value is -2.34. The van der Waals surface area contributed by atoms with Crippen molar-refractivity contribution in [3.63, 3.8) is 0 Å². The lowest BCUT2D eigenvalue weighted by Crippen LogP contribution is -2.41. The maximum Gasteiger partial charge on any atom is 0.279 e. The Bertz CT molecular complexity index is 744. The molecule has 1 heterocycles. The van der Waals surface area contributed by atoms with Gasteiger partial charge in [-0.05, 0) is 55.5 Å². The average Bonchev–Trinajstić information content (AvgIpc) is 3.01. The Kier molecular flexibility index (Phi) is 5.71. The number of ether oxygens (including phenoxy) is 1. The highest BCUT2D eigenvalue weighted by atomic mass is 32.1. The van der Waals surface area contributed by atoms with Gasteiger partial charge in [0.05, 0.1) is 12.0 Å². The van der Waals surface area contributed by atoms with E-state index in [1.165, 1.54) is 47.5 Å². The van der Waals surface area contributed by atoms with Crippen molar-refractivity contribution in [1.82, 2.24) is 10.9 Å². The minimum atomic E-state index is -0.373. The fourth-order valence-corrected chi connectivity index (χ4v) is 4.12. The van der Waals surface area contributed by atoms with Gasteiger partial charge in [-0.3, -0.25) is 20.4 Å². The summed E-state index contributed by atoms with van der Waals surface area (Å²) in [5.74, 6) is -0.0489. The molecule has 1 aromatic heterocycles. The first-order valence-electron chi connectivity index (χ1n) is 8.53. The highest BCUT2D eigenvalue weighted by Gasteiger charge is 2.16. The number of hydrazine groups is 1. The van der Waals surface area contributed by atoms with Gasteiger partial charge in [0.1, 0.15) is 5.75 Å². The summed E-state index contributed by atoms with van der Waals surface area (Å²) < 4.78 is 5.10. The van der Waals surface area contributed by atoms with Crippen molar-refractivity contribution in [2.75, 3.05) is 7.11 Å². The molecule has 2 aromatic rings. The summed E-state index contributed by atoms with van der Waals surface area (Å²) in [6.45, 7) is 0. The van der Waals surface area contributed by atoms with Gasteiger partial charge in [0, 0.05) is 10.4 Å². The van der Waals surface area contributed by atoms with Crippen molar-refractivity contribution in [3.8, 4) is 5.75 Å². The minimum Gasteiger partial charge on any atom is -0.497 e. The zero-order valence-corrected chi connectivity index (χ0v) is 15.1. The molecule has 0 aliphatic heterocycles. The number of hydrogen-bond acceptors (Lipinski definition) is 4. The number of benzene rings is 1. The first kappa shape index (κ1) is 17.5. The molecule has 0 saturated carbocycles. The molecule has 1 aromatic carbocycles. The van der Waals surface area contributed by atoms with Gasteiger partial charge in [-0.1, -0.05) is 18.9 Å². The number of nitrogens with one attached hydrogen (secondary N) is 2. The van der Waals surface area contributed by atoms with Crippen LogP contribution in [0, 0.1) is 0 Å². The number of carbonyl (C=O) groups excluding carboxylic acids is 2. The molecule has 0 unspecified atom stereocenters. The number of methoxy groups -OCH3 is 1. The van der Waals surface area contributed by atoms with E-state index in [1.807, 2.05) is 6.07 Å². The third kappa shape index (κ3) is 4.39. The second-order valence-electron chi connectivity index (χ2n) is 6.11. The van der Waals surface area contributed by atoms with Crippen LogP contribution in [0.25, 0.3) is 0 Å². The van der Waals surface area contributed by atoms with Crippen LogP contribution in [0.5, 0.6) is 5.75 Å². The van der Waals surface area contributed by atoms with Crippen molar-refractivity contribution < 1.29 is 14.3 Å². The number of thiophene rings is 1. The van der Waals surface area contributed by atoms with Gasteiger partial charge in [-0.15, -0.1) is 11.3 Å². The van der Waals surface area contributed by atoms with E-state index in [2.05, 4.69) is 10.9 Å². The zero-order chi connectivity index (χ0) is 17.6. The molecule has 0 spiro atoms. The van der Waals surface area contributed by atoms with E-state index >= 15 is 0 Å². The molecule has 0 radical (unpaired) electrons. The number of fused-ring (bicyclic) bond motifs is 1. The molecular weight excluding hydrogens is 336 g/mol. The van der Waals surface area contributed by atoms with Gasteiger partial charge in [0.25, 0.3) is 11.8 Å². The maximum absolute atomic E-state index is 12.4. The lowest BCUT2D eigenvalue weighted by atomic mass is 10.00. The van der Waals surface area contributed by atoms with E-state index in [0.717, 1.165) is 12.8 Å². The molecule has 0 bridgehead atoms. The Labute approximate surface area is 151 Å².